The monoisotopic (exact) mass is 337 g/mol. The molecule has 1 aliphatic rings. The van der Waals surface area contributed by atoms with Crippen molar-refractivity contribution >= 4 is 17.8 Å². The Kier molecular flexibility index (Phi) is 3.96. The van der Waals surface area contributed by atoms with Gasteiger partial charge in [0.05, 0.1) is 5.56 Å². The van der Waals surface area contributed by atoms with E-state index in [9.17, 15) is 23.5 Å². The Morgan fingerprint density at radius 3 is 2.54 bits per heavy atom. The molecule has 1 aromatic heterocycles. The first-order valence-corrected chi connectivity index (χ1v) is 7.19. The third-order valence-corrected chi connectivity index (χ3v) is 3.58. The van der Waals surface area contributed by atoms with Gasteiger partial charge in [-0.2, -0.15) is 0 Å². The van der Waals surface area contributed by atoms with Crippen molar-refractivity contribution in [2.24, 2.45) is 0 Å². The third kappa shape index (κ3) is 2.60. The molecule has 0 radical (unpaired) electrons. The first kappa shape index (κ1) is 16.0. The summed E-state index contributed by atoms with van der Waals surface area (Å²) in [6.07, 6.45) is 0.799. The molecule has 3 rings (SSSR count). The molecule has 1 aliphatic heterocycles. The van der Waals surface area contributed by atoms with Crippen LogP contribution in [-0.2, 0) is 9.59 Å². The Morgan fingerprint density at radius 1 is 1.33 bits per heavy atom. The van der Waals surface area contributed by atoms with Crippen molar-refractivity contribution < 1.29 is 32.6 Å². The molecule has 0 atom stereocenters. The minimum absolute atomic E-state index is 0.247. The van der Waals surface area contributed by atoms with Crippen LogP contribution in [0.4, 0.5) is 14.7 Å². The molecule has 6 nitrogen and oxygen atoms in total. The van der Waals surface area contributed by atoms with E-state index < -0.39 is 40.4 Å². The largest absolute Gasteiger partial charge is 0.502 e. The van der Waals surface area contributed by atoms with Gasteiger partial charge in [-0.1, -0.05) is 6.07 Å². The topological polar surface area (TPSA) is 80.0 Å². The first-order valence-electron chi connectivity index (χ1n) is 7.19. The first-order chi connectivity index (χ1) is 11.4. The van der Waals surface area contributed by atoms with Crippen molar-refractivity contribution in [2.45, 2.75) is 19.8 Å². The number of halogens is 2. The Morgan fingerprint density at radius 2 is 2.00 bits per heavy atom. The number of aromatic hydroxyl groups is 1. The molecule has 1 N–H and O–H groups in total. The van der Waals surface area contributed by atoms with Crippen molar-refractivity contribution in [1.29, 1.82) is 0 Å². The van der Waals surface area contributed by atoms with Gasteiger partial charge >= 0.3 is 5.97 Å². The molecule has 0 aliphatic carbocycles. The van der Waals surface area contributed by atoms with Crippen LogP contribution in [0.5, 0.6) is 11.5 Å². The second kappa shape index (κ2) is 5.95. The zero-order chi connectivity index (χ0) is 17.4. The summed E-state index contributed by atoms with van der Waals surface area (Å²) >= 11 is 0. The number of rotatable bonds is 3. The molecule has 24 heavy (non-hydrogen) atoms. The second-order valence-electron chi connectivity index (χ2n) is 5.25. The fraction of sp³-hybridized carbons (Fsp3) is 0.250. The van der Waals surface area contributed by atoms with Crippen LogP contribution < -0.4 is 9.64 Å². The maximum atomic E-state index is 14.0. The SMILES string of the molecule is CC(=O)Oc1c(N2CCCC2=O)oc(-c2c(F)cccc2F)c1O. The fourth-order valence-corrected chi connectivity index (χ4v) is 2.56. The lowest BCUT2D eigenvalue weighted by atomic mass is 10.1. The van der Waals surface area contributed by atoms with Crippen molar-refractivity contribution in [1.82, 2.24) is 0 Å². The van der Waals surface area contributed by atoms with Gasteiger partial charge in [0.25, 0.3) is 5.88 Å². The van der Waals surface area contributed by atoms with Gasteiger partial charge in [-0.15, -0.1) is 0 Å². The number of benzene rings is 1. The third-order valence-electron chi connectivity index (χ3n) is 3.58. The molecule has 2 aromatic rings. The van der Waals surface area contributed by atoms with E-state index in [1.807, 2.05) is 0 Å². The Labute approximate surface area is 135 Å². The van der Waals surface area contributed by atoms with E-state index in [0.717, 1.165) is 25.1 Å². The summed E-state index contributed by atoms with van der Waals surface area (Å²) in [5.41, 5.74) is -0.610. The van der Waals surface area contributed by atoms with Gasteiger partial charge in [0, 0.05) is 19.9 Å². The Balaban J connectivity index is 2.20. The highest BCUT2D eigenvalue weighted by atomic mass is 19.1. The lowest BCUT2D eigenvalue weighted by Crippen LogP contribution is -2.24. The number of furan rings is 1. The maximum absolute atomic E-state index is 14.0. The fourth-order valence-electron chi connectivity index (χ4n) is 2.56. The van der Waals surface area contributed by atoms with Gasteiger partial charge in [-0.25, -0.2) is 8.78 Å². The minimum atomic E-state index is -0.965. The van der Waals surface area contributed by atoms with Crippen LogP contribution in [0, 0.1) is 11.6 Å². The summed E-state index contributed by atoms with van der Waals surface area (Å²) in [6.45, 7) is 1.37. The van der Waals surface area contributed by atoms with E-state index in [1.165, 1.54) is 4.90 Å². The normalized spacial score (nSPS) is 14.3. The van der Waals surface area contributed by atoms with E-state index in [2.05, 4.69) is 0 Å². The van der Waals surface area contributed by atoms with Crippen LogP contribution in [-0.4, -0.2) is 23.5 Å². The van der Waals surface area contributed by atoms with Crippen LogP contribution in [0.25, 0.3) is 11.3 Å². The van der Waals surface area contributed by atoms with E-state index in [1.54, 1.807) is 0 Å². The number of amides is 1. The number of ether oxygens (including phenoxy) is 1. The predicted molar refractivity (Wildman–Crippen MR) is 78.6 cm³/mol. The summed E-state index contributed by atoms with van der Waals surface area (Å²) in [4.78, 5) is 24.3. The molecule has 1 saturated heterocycles. The number of hydrogen-bond acceptors (Lipinski definition) is 5. The molecule has 1 amide bonds. The van der Waals surface area contributed by atoms with Crippen LogP contribution in [0.15, 0.2) is 22.6 Å². The van der Waals surface area contributed by atoms with E-state index in [0.29, 0.717) is 6.42 Å². The van der Waals surface area contributed by atoms with Crippen molar-refractivity contribution in [3.05, 3.63) is 29.8 Å². The maximum Gasteiger partial charge on any atom is 0.308 e. The highest BCUT2D eigenvalue weighted by Crippen LogP contribution is 2.49. The van der Waals surface area contributed by atoms with Gasteiger partial charge in [0.15, 0.2) is 5.76 Å². The number of carbonyl (C=O) groups is 2. The standard InChI is InChI=1S/C16H13F2NO5/c1-8(20)23-15-13(22)14(12-9(17)4-2-5-10(12)18)24-16(15)19-7-3-6-11(19)21/h2,4-5,22H,3,6-7H2,1H3. The van der Waals surface area contributed by atoms with Crippen molar-refractivity contribution in [3.8, 4) is 22.8 Å². The number of esters is 1. The number of hydrogen-bond donors (Lipinski definition) is 1. The van der Waals surface area contributed by atoms with Crippen LogP contribution in [0.3, 0.4) is 0 Å². The van der Waals surface area contributed by atoms with Crippen molar-refractivity contribution in [2.75, 3.05) is 11.4 Å². The van der Waals surface area contributed by atoms with Gasteiger partial charge in [0.1, 0.15) is 11.6 Å². The van der Waals surface area contributed by atoms with E-state index in [4.69, 9.17) is 9.15 Å². The quantitative estimate of drug-likeness (QED) is 0.871. The molecule has 1 fully saturated rings. The summed E-state index contributed by atoms with van der Waals surface area (Å²) in [5, 5.41) is 10.3. The highest BCUT2D eigenvalue weighted by Gasteiger charge is 2.34. The zero-order valence-electron chi connectivity index (χ0n) is 12.6. The summed E-state index contributed by atoms with van der Waals surface area (Å²) in [6, 6.07) is 3.14. The summed E-state index contributed by atoms with van der Waals surface area (Å²) in [5.74, 6) is -4.99. The molecular weight excluding hydrogens is 324 g/mol. The molecule has 2 heterocycles. The zero-order valence-corrected chi connectivity index (χ0v) is 12.6. The molecule has 1 aromatic carbocycles. The average molecular weight is 337 g/mol. The van der Waals surface area contributed by atoms with Gasteiger partial charge in [-0.3, -0.25) is 14.5 Å². The average Bonchev–Trinajstić information content (AvgIpc) is 3.05. The van der Waals surface area contributed by atoms with E-state index >= 15 is 0 Å². The van der Waals surface area contributed by atoms with Crippen LogP contribution >= 0.6 is 0 Å². The predicted octanol–water partition coefficient (Wildman–Crippen LogP) is 2.98. The van der Waals surface area contributed by atoms with Gasteiger partial charge < -0.3 is 14.3 Å². The van der Waals surface area contributed by atoms with Crippen molar-refractivity contribution in [3.63, 3.8) is 0 Å². The molecular formula is C16H13F2NO5. The number of anilines is 1. The number of carbonyl (C=O) groups excluding carboxylic acids is 2. The molecule has 8 heteroatoms. The van der Waals surface area contributed by atoms with Gasteiger partial charge in [-0.05, 0) is 18.6 Å². The smallest absolute Gasteiger partial charge is 0.308 e. The summed E-state index contributed by atoms with van der Waals surface area (Å²) < 4.78 is 38.2. The molecule has 0 bridgehead atoms. The Hall–Kier alpha value is -2.90. The highest BCUT2D eigenvalue weighted by molar-refractivity contribution is 5.97. The minimum Gasteiger partial charge on any atom is -0.502 e. The lowest BCUT2D eigenvalue weighted by molar-refractivity contribution is -0.132. The number of nitrogens with zero attached hydrogens (tertiary/aromatic N) is 1. The van der Waals surface area contributed by atoms with E-state index in [-0.39, 0.29) is 24.8 Å². The molecule has 0 spiro atoms. The van der Waals surface area contributed by atoms with Crippen LogP contribution in [0.1, 0.15) is 19.8 Å². The van der Waals surface area contributed by atoms with Gasteiger partial charge in [0.2, 0.25) is 17.4 Å². The molecule has 126 valence electrons. The second-order valence-corrected chi connectivity index (χ2v) is 5.25. The molecule has 0 unspecified atom stereocenters. The Bertz CT molecular complexity index is 810. The summed E-state index contributed by atoms with van der Waals surface area (Å²) in [7, 11) is 0. The molecule has 0 saturated carbocycles. The lowest BCUT2D eigenvalue weighted by Gasteiger charge is -2.13. The van der Waals surface area contributed by atoms with Crippen LogP contribution in [0.2, 0.25) is 0 Å².